The van der Waals surface area contributed by atoms with E-state index in [4.69, 9.17) is 5.26 Å². The van der Waals surface area contributed by atoms with Gasteiger partial charge in [-0.1, -0.05) is 0 Å². The molecule has 0 spiro atoms. The maximum Gasteiger partial charge on any atom is 0.309 e. The number of nitro groups is 1. The Kier molecular flexibility index (Phi) is 3.19. The molecule has 0 amide bonds. The molecule has 1 aliphatic heterocycles. The number of aromatic amines is 1. The van der Waals surface area contributed by atoms with E-state index in [0.717, 1.165) is 25.9 Å². The SMILES string of the molecule is N#Cc1cc([N+](=O)[O-])c[nH+]c1N1CCCCC1. The van der Waals surface area contributed by atoms with Crippen LogP contribution in [0.25, 0.3) is 0 Å². The van der Waals surface area contributed by atoms with Gasteiger partial charge in [-0.3, -0.25) is 15.0 Å². The summed E-state index contributed by atoms with van der Waals surface area (Å²) < 4.78 is 0. The second kappa shape index (κ2) is 4.78. The van der Waals surface area contributed by atoms with Crippen molar-refractivity contribution in [1.82, 2.24) is 0 Å². The second-order valence-corrected chi connectivity index (χ2v) is 4.04. The van der Waals surface area contributed by atoms with Crippen LogP contribution in [0.15, 0.2) is 12.3 Å². The molecule has 0 atom stereocenters. The van der Waals surface area contributed by atoms with E-state index in [0.29, 0.717) is 11.4 Å². The summed E-state index contributed by atoms with van der Waals surface area (Å²) in [5.74, 6) is 0.692. The summed E-state index contributed by atoms with van der Waals surface area (Å²) in [4.78, 5) is 15.1. The van der Waals surface area contributed by atoms with Crippen LogP contribution in [0.5, 0.6) is 0 Å². The van der Waals surface area contributed by atoms with E-state index in [1.54, 1.807) is 0 Å². The van der Waals surface area contributed by atoms with Gasteiger partial charge < -0.3 is 0 Å². The summed E-state index contributed by atoms with van der Waals surface area (Å²) >= 11 is 0. The summed E-state index contributed by atoms with van der Waals surface area (Å²) in [5, 5.41) is 19.7. The number of aromatic nitrogens is 1. The third kappa shape index (κ3) is 2.33. The van der Waals surface area contributed by atoms with E-state index in [9.17, 15) is 10.1 Å². The highest BCUT2D eigenvalue weighted by Crippen LogP contribution is 2.21. The number of piperidine rings is 1. The molecule has 1 aromatic rings. The Morgan fingerprint density at radius 1 is 1.41 bits per heavy atom. The Balaban J connectivity index is 2.34. The highest BCUT2D eigenvalue weighted by atomic mass is 16.6. The van der Waals surface area contributed by atoms with Crippen LogP contribution in [-0.4, -0.2) is 18.0 Å². The highest BCUT2D eigenvalue weighted by Gasteiger charge is 2.24. The smallest absolute Gasteiger partial charge is 0.261 e. The summed E-state index contributed by atoms with van der Waals surface area (Å²) in [6.07, 6.45) is 4.72. The molecule has 1 aliphatic rings. The third-order valence-electron chi connectivity index (χ3n) is 2.91. The van der Waals surface area contributed by atoms with Gasteiger partial charge in [-0.2, -0.15) is 5.26 Å². The molecule has 0 aliphatic carbocycles. The van der Waals surface area contributed by atoms with Gasteiger partial charge in [0.25, 0.3) is 5.82 Å². The van der Waals surface area contributed by atoms with Crippen molar-refractivity contribution in [3.8, 4) is 6.07 Å². The number of rotatable bonds is 2. The van der Waals surface area contributed by atoms with Crippen LogP contribution < -0.4 is 9.88 Å². The zero-order valence-corrected chi connectivity index (χ0v) is 9.35. The van der Waals surface area contributed by atoms with Crippen LogP contribution in [0.3, 0.4) is 0 Å². The van der Waals surface area contributed by atoms with Gasteiger partial charge in [0, 0.05) is 6.07 Å². The van der Waals surface area contributed by atoms with Crippen molar-refractivity contribution in [1.29, 1.82) is 5.26 Å². The van der Waals surface area contributed by atoms with Gasteiger partial charge in [-0.05, 0) is 19.3 Å². The first-order valence-corrected chi connectivity index (χ1v) is 5.57. The van der Waals surface area contributed by atoms with E-state index in [2.05, 4.69) is 9.88 Å². The first kappa shape index (κ1) is 11.3. The molecule has 1 fully saturated rings. The summed E-state index contributed by atoms with van der Waals surface area (Å²) in [7, 11) is 0. The van der Waals surface area contributed by atoms with Crippen molar-refractivity contribution in [2.75, 3.05) is 18.0 Å². The van der Waals surface area contributed by atoms with Gasteiger partial charge >= 0.3 is 5.69 Å². The molecule has 1 aromatic heterocycles. The largest absolute Gasteiger partial charge is 0.309 e. The molecule has 0 aromatic carbocycles. The average molecular weight is 233 g/mol. The van der Waals surface area contributed by atoms with Gasteiger partial charge in [0.2, 0.25) is 0 Å². The molecule has 2 heterocycles. The van der Waals surface area contributed by atoms with Gasteiger partial charge in [-0.15, -0.1) is 0 Å². The number of nitriles is 1. The zero-order chi connectivity index (χ0) is 12.3. The number of pyridine rings is 1. The molecule has 6 heteroatoms. The van der Waals surface area contributed by atoms with Crippen molar-refractivity contribution in [2.45, 2.75) is 19.3 Å². The molecule has 1 saturated heterocycles. The molecule has 17 heavy (non-hydrogen) atoms. The lowest BCUT2D eigenvalue weighted by molar-refractivity contribution is -0.414. The molecule has 0 bridgehead atoms. The number of hydrogen-bond donors (Lipinski definition) is 0. The van der Waals surface area contributed by atoms with Crippen LogP contribution >= 0.6 is 0 Å². The maximum absolute atomic E-state index is 10.6. The van der Waals surface area contributed by atoms with Crippen LogP contribution in [-0.2, 0) is 0 Å². The Labute approximate surface area is 98.6 Å². The lowest BCUT2D eigenvalue weighted by atomic mass is 10.1. The van der Waals surface area contributed by atoms with Crippen molar-refractivity contribution in [3.05, 3.63) is 27.9 Å². The van der Waals surface area contributed by atoms with E-state index in [1.807, 2.05) is 6.07 Å². The van der Waals surface area contributed by atoms with Crippen LogP contribution in [0.1, 0.15) is 24.8 Å². The monoisotopic (exact) mass is 233 g/mol. The lowest BCUT2D eigenvalue weighted by Gasteiger charge is -2.21. The lowest BCUT2D eigenvalue weighted by Crippen LogP contribution is -2.34. The van der Waals surface area contributed by atoms with E-state index < -0.39 is 4.92 Å². The third-order valence-corrected chi connectivity index (χ3v) is 2.91. The van der Waals surface area contributed by atoms with Crippen LogP contribution in [0, 0.1) is 21.4 Å². The quantitative estimate of drug-likeness (QED) is 0.568. The average Bonchev–Trinajstić information content (AvgIpc) is 2.39. The van der Waals surface area contributed by atoms with E-state index in [-0.39, 0.29) is 5.69 Å². The minimum Gasteiger partial charge on any atom is -0.261 e. The van der Waals surface area contributed by atoms with E-state index >= 15 is 0 Å². The Morgan fingerprint density at radius 2 is 2.12 bits per heavy atom. The Morgan fingerprint density at radius 3 is 2.71 bits per heavy atom. The molecule has 0 radical (unpaired) electrons. The van der Waals surface area contributed by atoms with Crippen LogP contribution in [0.2, 0.25) is 0 Å². The fourth-order valence-corrected chi connectivity index (χ4v) is 2.05. The molecule has 88 valence electrons. The predicted octanol–water partition coefficient (Wildman–Crippen LogP) is 1.27. The topological polar surface area (TPSA) is 84.3 Å². The predicted molar refractivity (Wildman–Crippen MR) is 60.4 cm³/mol. The molecule has 0 saturated carbocycles. The normalized spacial score (nSPS) is 15.4. The summed E-state index contributed by atoms with van der Waals surface area (Å²) in [5.41, 5.74) is 0.253. The molecular formula is C11H13N4O2+. The molecule has 0 unspecified atom stereocenters. The van der Waals surface area contributed by atoms with E-state index in [1.165, 1.54) is 18.7 Å². The highest BCUT2D eigenvalue weighted by molar-refractivity contribution is 5.53. The first-order valence-electron chi connectivity index (χ1n) is 5.57. The Bertz CT molecular complexity index is 475. The minimum absolute atomic E-state index is 0.0812. The number of anilines is 1. The fourth-order valence-electron chi connectivity index (χ4n) is 2.05. The number of H-pyrrole nitrogens is 1. The first-order chi connectivity index (χ1) is 8.22. The van der Waals surface area contributed by atoms with Crippen molar-refractivity contribution in [2.24, 2.45) is 0 Å². The standard InChI is InChI=1S/C11H12N4O2/c12-7-9-6-10(15(16)17)8-13-11(9)14-4-2-1-3-5-14/h6,8H,1-5H2/p+1. The number of hydrogen-bond acceptors (Lipinski definition) is 4. The minimum atomic E-state index is -0.503. The molecule has 2 rings (SSSR count). The van der Waals surface area contributed by atoms with Gasteiger partial charge in [-0.25, -0.2) is 4.98 Å². The zero-order valence-electron chi connectivity index (χ0n) is 9.35. The fraction of sp³-hybridized carbons (Fsp3) is 0.455. The Hall–Kier alpha value is -2.16. The van der Waals surface area contributed by atoms with Crippen molar-refractivity contribution < 1.29 is 9.91 Å². The molecule has 1 N–H and O–H groups in total. The number of nitrogens with one attached hydrogen (secondary N) is 1. The molecule has 6 nitrogen and oxygen atoms in total. The maximum atomic E-state index is 10.6. The van der Waals surface area contributed by atoms with Gasteiger partial charge in [0.15, 0.2) is 6.20 Å². The van der Waals surface area contributed by atoms with Crippen molar-refractivity contribution >= 4 is 11.5 Å². The number of nitrogens with zero attached hydrogens (tertiary/aromatic N) is 3. The molecular weight excluding hydrogens is 220 g/mol. The van der Waals surface area contributed by atoms with Crippen LogP contribution in [0.4, 0.5) is 11.5 Å². The van der Waals surface area contributed by atoms with Gasteiger partial charge in [0.05, 0.1) is 18.0 Å². The van der Waals surface area contributed by atoms with Gasteiger partial charge in [0.1, 0.15) is 11.6 Å². The van der Waals surface area contributed by atoms with Crippen molar-refractivity contribution in [3.63, 3.8) is 0 Å². The summed E-state index contributed by atoms with van der Waals surface area (Å²) in [6.45, 7) is 1.78. The second-order valence-electron chi connectivity index (χ2n) is 4.04. The summed E-state index contributed by atoms with van der Waals surface area (Å²) in [6, 6.07) is 3.33.